The molecule has 0 unspecified atom stereocenters. The Kier molecular flexibility index (Phi) is 5.83. The van der Waals surface area contributed by atoms with Crippen LogP contribution in [0.15, 0.2) is 36.8 Å². The molecule has 166 valence electrons. The van der Waals surface area contributed by atoms with Gasteiger partial charge in [0.1, 0.15) is 11.4 Å². The molecule has 0 radical (unpaired) electrons. The van der Waals surface area contributed by atoms with Gasteiger partial charge in [0, 0.05) is 43.3 Å². The molecule has 5 heterocycles. The first-order chi connectivity index (χ1) is 15.7. The van der Waals surface area contributed by atoms with Gasteiger partial charge in [0.15, 0.2) is 5.82 Å². The maximum absolute atomic E-state index is 12.7. The summed E-state index contributed by atoms with van der Waals surface area (Å²) in [6, 6.07) is 6.08. The number of morpholine rings is 1. The van der Waals surface area contributed by atoms with Crippen molar-refractivity contribution in [3.63, 3.8) is 0 Å². The third-order valence-corrected chi connectivity index (χ3v) is 5.80. The maximum atomic E-state index is 12.7. The second-order valence-corrected chi connectivity index (χ2v) is 8.05. The van der Waals surface area contributed by atoms with Crippen LogP contribution in [0.5, 0.6) is 0 Å². The summed E-state index contributed by atoms with van der Waals surface area (Å²) in [5, 5.41) is 2.99. The van der Waals surface area contributed by atoms with Crippen LogP contribution in [-0.2, 0) is 9.47 Å². The summed E-state index contributed by atoms with van der Waals surface area (Å²) in [7, 11) is 0. The normalized spacial score (nSPS) is 18.7. The van der Waals surface area contributed by atoms with Crippen molar-refractivity contribution in [1.82, 2.24) is 25.3 Å². The van der Waals surface area contributed by atoms with E-state index in [1.54, 1.807) is 6.20 Å². The van der Waals surface area contributed by atoms with Crippen molar-refractivity contribution in [3.8, 4) is 22.6 Å². The highest BCUT2D eigenvalue weighted by molar-refractivity contribution is 5.94. The number of aromatic nitrogens is 4. The molecule has 1 amide bonds. The lowest BCUT2D eigenvalue weighted by atomic mass is 10.1. The minimum atomic E-state index is -0.195. The lowest BCUT2D eigenvalue weighted by Crippen LogP contribution is -2.36. The van der Waals surface area contributed by atoms with Crippen molar-refractivity contribution in [2.24, 2.45) is 0 Å². The van der Waals surface area contributed by atoms with Crippen LogP contribution in [0.25, 0.3) is 22.6 Å². The van der Waals surface area contributed by atoms with Crippen LogP contribution in [0.3, 0.4) is 0 Å². The first kappa shape index (κ1) is 20.6. The fourth-order valence-corrected chi connectivity index (χ4v) is 4.02. The molecule has 0 spiro atoms. The van der Waals surface area contributed by atoms with Gasteiger partial charge in [-0.15, -0.1) is 0 Å². The maximum Gasteiger partial charge on any atom is 0.272 e. The smallest absolute Gasteiger partial charge is 0.272 e. The van der Waals surface area contributed by atoms with Crippen LogP contribution in [0, 0.1) is 6.92 Å². The Morgan fingerprint density at radius 1 is 1.16 bits per heavy atom. The van der Waals surface area contributed by atoms with Gasteiger partial charge in [-0.25, -0.2) is 4.98 Å². The van der Waals surface area contributed by atoms with Crippen LogP contribution in [0.4, 0.5) is 5.69 Å². The highest BCUT2D eigenvalue weighted by atomic mass is 16.5. The SMILES string of the molecule is Cc1[nH]c(-c2cc(-c3cncc(N4CCOCC4)c3)ccn2)nc1C(=O)N[C@H]1CCOC1. The van der Waals surface area contributed by atoms with Gasteiger partial charge in [0.05, 0.1) is 37.7 Å². The van der Waals surface area contributed by atoms with Crippen molar-refractivity contribution in [3.05, 3.63) is 48.2 Å². The van der Waals surface area contributed by atoms with Crippen LogP contribution in [0.1, 0.15) is 22.6 Å². The molecule has 2 fully saturated rings. The summed E-state index contributed by atoms with van der Waals surface area (Å²) < 4.78 is 10.8. The fourth-order valence-electron chi connectivity index (χ4n) is 4.02. The molecule has 3 aromatic rings. The highest BCUT2D eigenvalue weighted by Crippen LogP contribution is 2.27. The lowest BCUT2D eigenvalue weighted by molar-refractivity contribution is 0.0924. The molecule has 3 aromatic heterocycles. The average molecular weight is 435 g/mol. The second kappa shape index (κ2) is 9.05. The molecular weight excluding hydrogens is 408 g/mol. The summed E-state index contributed by atoms with van der Waals surface area (Å²) in [5.41, 5.74) is 4.83. The minimum Gasteiger partial charge on any atom is -0.379 e. The predicted molar refractivity (Wildman–Crippen MR) is 120 cm³/mol. The van der Waals surface area contributed by atoms with Gasteiger partial charge in [-0.2, -0.15) is 0 Å². The molecule has 5 rings (SSSR count). The molecule has 2 N–H and O–H groups in total. The standard InChI is InChI=1S/C23H26N6O3/c1-15-21(23(30)27-18-3-7-32-14-18)28-22(26-15)20-11-16(2-4-25-20)17-10-19(13-24-12-17)29-5-8-31-9-6-29/h2,4,10-13,18H,3,5-9,14H2,1H3,(H,26,28)(H,27,30)/t18-/m0/s1. The molecule has 32 heavy (non-hydrogen) atoms. The first-order valence-electron chi connectivity index (χ1n) is 10.9. The molecular formula is C23H26N6O3. The van der Waals surface area contributed by atoms with E-state index < -0.39 is 0 Å². The third kappa shape index (κ3) is 4.35. The zero-order valence-electron chi connectivity index (χ0n) is 18.0. The number of imidazole rings is 1. The van der Waals surface area contributed by atoms with Gasteiger partial charge in [-0.1, -0.05) is 0 Å². The van der Waals surface area contributed by atoms with E-state index in [0.717, 1.165) is 49.5 Å². The number of hydrogen-bond acceptors (Lipinski definition) is 7. The van der Waals surface area contributed by atoms with Crippen LogP contribution in [0.2, 0.25) is 0 Å². The summed E-state index contributed by atoms with van der Waals surface area (Å²) in [6.45, 7) is 6.23. The Morgan fingerprint density at radius 2 is 2.03 bits per heavy atom. The number of aryl methyl sites for hydroxylation is 1. The number of nitrogens with zero attached hydrogens (tertiary/aromatic N) is 4. The number of hydrogen-bond donors (Lipinski definition) is 2. The predicted octanol–water partition coefficient (Wildman–Crippen LogP) is 2.20. The molecule has 9 nitrogen and oxygen atoms in total. The number of amides is 1. The first-order valence-corrected chi connectivity index (χ1v) is 10.9. The Labute approximate surface area is 186 Å². The number of anilines is 1. The van der Waals surface area contributed by atoms with Gasteiger partial charge in [-0.3, -0.25) is 14.8 Å². The van der Waals surface area contributed by atoms with Gasteiger partial charge in [0.2, 0.25) is 0 Å². The minimum absolute atomic E-state index is 0.0368. The molecule has 1 atom stereocenters. The molecule has 2 aliphatic heterocycles. The van der Waals surface area contributed by atoms with Crippen molar-refractivity contribution in [1.29, 1.82) is 0 Å². The number of H-pyrrole nitrogens is 1. The molecule has 9 heteroatoms. The van der Waals surface area contributed by atoms with Crippen molar-refractivity contribution < 1.29 is 14.3 Å². The van der Waals surface area contributed by atoms with Crippen molar-refractivity contribution in [2.45, 2.75) is 19.4 Å². The van der Waals surface area contributed by atoms with Crippen LogP contribution in [-0.4, -0.2) is 71.4 Å². The number of nitrogens with one attached hydrogen (secondary N) is 2. The Bertz CT molecular complexity index is 1100. The zero-order chi connectivity index (χ0) is 21.9. The highest BCUT2D eigenvalue weighted by Gasteiger charge is 2.22. The van der Waals surface area contributed by atoms with E-state index in [4.69, 9.17) is 9.47 Å². The molecule has 0 aliphatic carbocycles. The Balaban J connectivity index is 1.38. The van der Waals surface area contributed by atoms with E-state index in [1.165, 1.54) is 0 Å². The van der Waals surface area contributed by atoms with Crippen LogP contribution < -0.4 is 10.2 Å². The number of carbonyl (C=O) groups is 1. The van der Waals surface area contributed by atoms with Crippen molar-refractivity contribution >= 4 is 11.6 Å². The summed E-state index contributed by atoms with van der Waals surface area (Å²) in [5.74, 6) is 0.369. The van der Waals surface area contributed by atoms with E-state index in [2.05, 4.69) is 36.2 Å². The van der Waals surface area contributed by atoms with Gasteiger partial charge < -0.3 is 24.7 Å². The van der Waals surface area contributed by atoms with E-state index in [9.17, 15) is 4.79 Å². The van der Waals surface area contributed by atoms with Gasteiger partial charge >= 0.3 is 0 Å². The molecule has 0 bridgehead atoms. The lowest BCUT2D eigenvalue weighted by Gasteiger charge is -2.28. The topological polar surface area (TPSA) is 105 Å². The summed E-state index contributed by atoms with van der Waals surface area (Å²) in [6.07, 6.45) is 6.30. The summed E-state index contributed by atoms with van der Waals surface area (Å²) >= 11 is 0. The van der Waals surface area contributed by atoms with Gasteiger partial charge in [0.25, 0.3) is 5.91 Å². The second-order valence-electron chi connectivity index (χ2n) is 8.05. The average Bonchev–Trinajstić information content (AvgIpc) is 3.49. The third-order valence-electron chi connectivity index (χ3n) is 5.80. The Hall–Kier alpha value is -3.30. The Morgan fingerprint density at radius 3 is 2.84 bits per heavy atom. The molecule has 2 saturated heterocycles. The molecule has 0 aromatic carbocycles. The van der Waals surface area contributed by atoms with E-state index >= 15 is 0 Å². The number of ether oxygens (including phenoxy) is 2. The fraction of sp³-hybridized carbons (Fsp3) is 0.391. The van der Waals surface area contributed by atoms with E-state index in [1.807, 2.05) is 31.5 Å². The largest absolute Gasteiger partial charge is 0.379 e. The summed E-state index contributed by atoms with van der Waals surface area (Å²) in [4.78, 5) is 31.6. The van der Waals surface area contributed by atoms with E-state index in [-0.39, 0.29) is 11.9 Å². The molecule has 0 saturated carbocycles. The van der Waals surface area contributed by atoms with Crippen molar-refractivity contribution in [2.75, 3.05) is 44.4 Å². The number of rotatable bonds is 5. The number of aromatic amines is 1. The van der Waals surface area contributed by atoms with Crippen LogP contribution >= 0.6 is 0 Å². The van der Waals surface area contributed by atoms with Gasteiger partial charge in [-0.05, 0) is 37.1 Å². The molecule has 2 aliphatic rings. The quantitative estimate of drug-likeness (QED) is 0.634. The number of carbonyl (C=O) groups excluding carboxylic acids is 1. The zero-order valence-corrected chi connectivity index (χ0v) is 18.0. The number of pyridine rings is 2. The monoisotopic (exact) mass is 434 g/mol. The van der Waals surface area contributed by atoms with E-state index in [0.29, 0.717) is 36.1 Å².